The SMILES string of the molecule is COC(=O)CCCC(=O)N1CCC[C@@H](CCc2ccc(F)cc2F)C1. The van der Waals surface area contributed by atoms with E-state index in [1.165, 1.54) is 19.2 Å². The van der Waals surface area contributed by atoms with Crippen LogP contribution in [0.4, 0.5) is 8.78 Å². The van der Waals surface area contributed by atoms with Gasteiger partial charge in [0.15, 0.2) is 0 Å². The zero-order valence-corrected chi connectivity index (χ0v) is 14.6. The summed E-state index contributed by atoms with van der Waals surface area (Å²) in [5.74, 6) is -0.996. The largest absolute Gasteiger partial charge is 0.469 e. The molecule has 138 valence electrons. The Bertz CT molecular complexity index is 606. The third-order valence-electron chi connectivity index (χ3n) is 4.71. The second-order valence-corrected chi connectivity index (χ2v) is 6.55. The van der Waals surface area contributed by atoms with Gasteiger partial charge in [0.25, 0.3) is 0 Å². The van der Waals surface area contributed by atoms with Gasteiger partial charge in [0, 0.05) is 32.0 Å². The maximum atomic E-state index is 13.7. The van der Waals surface area contributed by atoms with Crippen molar-refractivity contribution in [3.8, 4) is 0 Å². The van der Waals surface area contributed by atoms with Crippen molar-refractivity contribution in [3.63, 3.8) is 0 Å². The Morgan fingerprint density at radius 3 is 2.80 bits per heavy atom. The van der Waals surface area contributed by atoms with E-state index in [0.29, 0.717) is 37.3 Å². The number of rotatable bonds is 7. The molecule has 1 fully saturated rings. The summed E-state index contributed by atoms with van der Waals surface area (Å²) in [6.45, 7) is 1.40. The molecule has 4 nitrogen and oxygen atoms in total. The van der Waals surface area contributed by atoms with E-state index >= 15 is 0 Å². The van der Waals surface area contributed by atoms with Gasteiger partial charge in [0.2, 0.25) is 5.91 Å². The predicted octanol–water partition coefficient (Wildman–Crippen LogP) is 3.48. The number of halogens is 2. The maximum Gasteiger partial charge on any atom is 0.305 e. The molecule has 6 heteroatoms. The van der Waals surface area contributed by atoms with Crippen LogP contribution in [0.15, 0.2) is 18.2 Å². The molecule has 1 aromatic rings. The number of likely N-dealkylation sites (tertiary alicyclic amines) is 1. The van der Waals surface area contributed by atoms with E-state index in [4.69, 9.17) is 0 Å². The van der Waals surface area contributed by atoms with Crippen LogP contribution in [0.1, 0.15) is 44.1 Å². The zero-order valence-electron chi connectivity index (χ0n) is 14.6. The molecule has 2 rings (SSSR count). The van der Waals surface area contributed by atoms with Crippen molar-refractivity contribution in [2.24, 2.45) is 5.92 Å². The maximum absolute atomic E-state index is 13.7. The van der Waals surface area contributed by atoms with Gasteiger partial charge in [-0.05, 0) is 49.7 Å². The summed E-state index contributed by atoms with van der Waals surface area (Å²) in [5, 5.41) is 0. The first-order chi connectivity index (χ1) is 12.0. The number of ether oxygens (including phenoxy) is 1. The van der Waals surface area contributed by atoms with Crippen molar-refractivity contribution >= 4 is 11.9 Å². The van der Waals surface area contributed by atoms with E-state index in [2.05, 4.69) is 4.74 Å². The Balaban J connectivity index is 1.78. The number of aryl methyl sites for hydroxylation is 1. The molecule has 1 aliphatic heterocycles. The molecular formula is C19H25F2NO3. The van der Waals surface area contributed by atoms with Crippen molar-refractivity contribution in [2.75, 3.05) is 20.2 Å². The minimum absolute atomic E-state index is 0.0570. The summed E-state index contributed by atoms with van der Waals surface area (Å²) in [4.78, 5) is 25.2. The molecule has 0 bridgehead atoms. The summed E-state index contributed by atoms with van der Waals surface area (Å²) in [7, 11) is 1.34. The number of methoxy groups -OCH3 is 1. The fourth-order valence-electron chi connectivity index (χ4n) is 3.26. The van der Waals surface area contributed by atoms with Gasteiger partial charge < -0.3 is 9.64 Å². The highest BCUT2D eigenvalue weighted by atomic mass is 19.1. The Hall–Kier alpha value is -1.98. The highest BCUT2D eigenvalue weighted by molar-refractivity contribution is 5.77. The van der Waals surface area contributed by atoms with Gasteiger partial charge in [-0.1, -0.05) is 6.07 Å². The van der Waals surface area contributed by atoms with Crippen molar-refractivity contribution in [1.82, 2.24) is 4.90 Å². The average Bonchev–Trinajstić information content (AvgIpc) is 2.61. The topological polar surface area (TPSA) is 46.6 Å². The molecule has 0 unspecified atom stereocenters. The number of carbonyl (C=O) groups is 2. The van der Waals surface area contributed by atoms with Crippen LogP contribution in [0.25, 0.3) is 0 Å². The van der Waals surface area contributed by atoms with Crippen LogP contribution in [0.5, 0.6) is 0 Å². The number of hydrogen-bond donors (Lipinski definition) is 0. The number of piperidine rings is 1. The lowest BCUT2D eigenvalue weighted by Crippen LogP contribution is -2.40. The molecule has 1 aromatic carbocycles. The summed E-state index contributed by atoms with van der Waals surface area (Å²) in [6.07, 6.45) is 4.34. The molecule has 1 saturated heterocycles. The molecule has 1 atom stereocenters. The molecule has 0 spiro atoms. The molecule has 1 amide bonds. The molecule has 0 aromatic heterocycles. The Morgan fingerprint density at radius 2 is 2.08 bits per heavy atom. The molecule has 0 N–H and O–H groups in total. The number of amides is 1. The standard InChI is InChI=1S/C19H25F2NO3/c1-25-19(24)6-2-5-18(23)22-11-3-4-14(13-22)7-8-15-9-10-16(20)12-17(15)21/h9-10,12,14H,2-8,11,13H2,1H3/t14-/m0/s1. The molecule has 1 heterocycles. The highest BCUT2D eigenvalue weighted by Crippen LogP contribution is 2.23. The van der Waals surface area contributed by atoms with Crippen LogP contribution < -0.4 is 0 Å². The molecule has 1 aliphatic rings. The molecular weight excluding hydrogens is 328 g/mol. The zero-order chi connectivity index (χ0) is 18.2. The number of nitrogens with zero attached hydrogens (tertiary/aromatic N) is 1. The van der Waals surface area contributed by atoms with Gasteiger partial charge in [0.05, 0.1) is 7.11 Å². The fourth-order valence-corrected chi connectivity index (χ4v) is 3.26. The Labute approximate surface area is 147 Å². The van der Waals surface area contributed by atoms with E-state index in [-0.39, 0.29) is 18.3 Å². The third kappa shape index (κ3) is 6.11. The van der Waals surface area contributed by atoms with Gasteiger partial charge in [-0.15, -0.1) is 0 Å². The van der Waals surface area contributed by atoms with Gasteiger partial charge in [-0.25, -0.2) is 8.78 Å². The van der Waals surface area contributed by atoms with Crippen LogP contribution in [-0.2, 0) is 20.7 Å². The van der Waals surface area contributed by atoms with E-state index in [1.54, 1.807) is 0 Å². The van der Waals surface area contributed by atoms with E-state index in [1.807, 2.05) is 4.90 Å². The first kappa shape index (κ1) is 19.3. The summed E-state index contributed by atoms with van der Waals surface area (Å²) in [5.41, 5.74) is 0.517. The van der Waals surface area contributed by atoms with E-state index < -0.39 is 11.6 Å². The second-order valence-electron chi connectivity index (χ2n) is 6.55. The van der Waals surface area contributed by atoms with Crippen molar-refractivity contribution in [2.45, 2.75) is 44.9 Å². The lowest BCUT2D eigenvalue weighted by Gasteiger charge is -2.33. The first-order valence-corrected chi connectivity index (χ1v) is 8.78. The molecule has 0 radical (unpaired) electrons. The monoisotopic (exact) mass is 353 g/mol. The van der Waals surface area contributed by atoms with Gasteiger partial charge in [-0.3, -0.25) is 9.59 Å². The first-order valence-electron chi connectivity index (χ1n) is 8.78. The van der Waals surface area contributed by atoms with E-state index in [9.17, 15) is 18.4 Å². The van der Waals surface area contributed by atoms with Crippen LogP contribution in [0.3, 0.4) is 0 Å². The second kappa shape index (κ2) is 9.49. The Morgan fingerprint density at radius 1 is 1.28 bits per heavy atom. The van der Waals surface area contributed by atoms with Crippen molar-refractivity contribution in [3.05, 3.63) is 35.4 Å². The van der Waals surface area contributed by atoms with Crippen molar-refractivity contribution < 1.29 is 23.1 Å². The number of carbonyl (C=O) groups excluding carboxylic acids is 2. The van der Waals surface area contributed by atoms with Crippen molar-refractivity contribution in [1.29, 1.82) is 0 Å². The van der Waals surface area contributed by atoms with Crippen LogP contribution in [0, 0.1) is 17.6 Å². The van der Waals surface area contributed by atoms with E-state index in [0.717, 1.165) is 31.9 Å². The molecule has 0 saturated carbocycles. The van der Waals surface area contributed by atoms with Crippen LogP contribution in [0.2, 0.25) is 0 Å². The number of esters is 1. The normalized spacial score (nSPS) is 17.4. The summed E-state index contributed by atoms with van der Waals surface area (Å²) < 4.78 is 31.2. The highest BCUT2D eigenvalue weighted by Gasteiger charge is 2.23. The fraction of sp³-hybridized carbons (Fsp3) is 0.579. The Kier molecular flexibility index (Phi) is 7.34. The predicted molar refractivity (Wildman–Crippen MR) is 89.9 cm³/mol. The number of hydrogen-bond acceptors (Lipinski definition) is 3. The van der Waals surface area contributed by atoms with Gasteiger partial charge in [0.1, 0.15) is 11.6 Å². The smallest absolute Gasteiger partial charge is 0.305 e. The van der Waals surface area contributed by atoms with Crippen LogP contribution in [-0.4, -0.2) is 37.0 Å². The number of benzene rings is 1. The van der Waals surface area contributed by atoms with Gasteiger partial charge >= 0.3 is 5.97 Å². The summed E-state index contributed by atoms with van der Waals surface area (Å²) in [6, 6.07) is 3.67. The third-order valence-corrected chi connectivity index (χ3v) is 4.71. The van der Waals surface area contributed by atoms with Crippen LogP contribution >= 0.6 is 0 Å². The quantitative estimate of drug-likeness (QED) is 0.705. The minimum Gasteiger partial charge on any atom is -0.469 e. The average molecular weight is 353 g/mol. The lowest BCUT2D eigenvalue weighted by atomic mass is 9.91. The van der Waals surface area contributed by atoms with Gasteiger partial charge in [-0.2, -0.15) is 0 Å². The summed E-state index contributed by atoms with van der Waals surface area (Å²) >= 11 is 0. The molecule has 25 heavy (non-hydrogen) atoms. The molecule has 0 aliphatic carbocycles. The lowest BCUT2D eigenvalue weighted by molar-refractivity contribution is -0.141. The minimum atomic E-state index is -0.567.